The lowest BCUT2D eigenvalue weighted by Crippen LogP contribution is -2.31. The van der Waals surface area contributed by atoms with E-state index < -0.39 is 0 Å². The highest BCUT2D eigenvalue weighted by molar-refractivity contribution is 5.54. The largest absolute Gasteiger partial charge is 0.317 e. The van der Waals surface area contributed by atoms with Crippen molar-refractivity contribution in [2.45, 2.75) is 34.6 Å². The molecule has 0 aromatic carbocycles. The molecule has 0 atom stereocenters. The lowest BCUT2D eigenvalue weighted by Gasteiger charge is -2.41. The van der Waals surface area contributed by atoms with E-state index in [0.29, 0.717) is 0 Å². The molecule has 0 unspecified atom stereocenters. The summed E-state index contributed by atoms with van der Waals surface area (Å²) in [4.78, 5) is 2.16. The molecule has 0 aliphatic carbocycles. The molecule has 0 N–H and O–H groups in total. The Bertz CT molecular complexity index is 715. The fourth-order valence-electron chi connectivity index (χ4n) is 3.19. The van der Waals surface area contributed by atoms with Gasteiger partial charge in [-0.05, 0) is 50.1 Å². The fourth-order valence-corrected chi connectivity index (χ4v) is 3.19. The first-order valence-electron chi connectivity index (χ1n) is 8.65. The van der Waals surface area contributed by atoms with Gasteiger partial charge in [0.2, 0.25) is 0 Å². The fraction of sp³-hybridized carbons (Fsp3) is 0.250. The Morgan fingerprint density at radius 3 is 2.00 bits per heavy atom. The molecule has 0 aromatic rings. The van der Waals surface area contributed by atoms with Gasteiger partial charge in [-0.25, -0.2) is 0 Å². The minimum Gasteiger partial charge on any atom is -0.317 e. The number of hydrogen-bond acceptors (Lipinski definition) is 1. The van der Waals surface area contributed by atoms with Crippen molar-refractivity contribution in [3.63, 3.8) is 0 Å². The molecular formula is C24H31N. The number of nitrogens with zero attached hydrogens (tertiary/aromatic N) is 1. The van der Waals surface area contributed by atoms with Crippen molar-refractivity contribution in [1.29, 1.82) is 0 Å². The maximum Gasteiger partial charge on any atom is 0.0492 e. The summed E-state index contributed by atoms with van der Waals surface area (Å²) in [5, 5.41) is 0. The van der Waals surface area contributed by atoms with E-state index >= 15 is 0 Å². The van der Waals surface area contributed by atoms with Crippen molar-refractivity contribution in [3.8, 4) is 0 Å². The summed E-state index contributed by atoms with van der Waals surface area (Å²) in [7, 11) is 0. The van der Waals surface area contributed by atoms with Crippen LogP contribution < -0.4 is 0 Å². The van der Waals surface area contributed by atoms with Crippen LogP contribution in [0.3, 0.4) is 0 Å². The quantitative estimate of drug-likeness (QED) is 0.453. The molecule has 25 heavy (non-hydrogen) atoms. The van der Waals surface area contributed by atoms with Crippen molar-refractivity contribution in [2.24, 2.45) is 5.41 Å². The van der Waals surface area contributed by atoms with E-state index in [9.17, 15) is 0 Å². The van der Waals surface area contributed by atoms with Crippen LogP contribution in [-0.2, 0) is 0 Å². The van der Waals surface area contributed by atoms with Crippen LogP contribution in [0.25, 0.3) is 0 Å². The molecule has 0 saturated carbocycles. The summed E-state index contributed by atoms with van der Waals surface area (Å²) in [5.74, 6) is 0. The van der Waals surface area contributed by atoms with Crippen molar-refractivity contribution in [1.82, 2.24) is 4.90 Å². The highest BCUT2D eigenvalue weighted by atomic mass is 15.1. The highest BCUT2D eigenvalue weighted by Gasteiger charge is 2.35. The summed E-state index contributed by atoms with van der Waals surface area (Å²) in [6.07, 6.45) is 20.3. The number of hydrogen-bond donors (Lipinski definition) is 0. The van der Waals surface area contributed by atoms with Gasteiger partial charge >= 0.3 is 0 Å². The molecule has 1 heterocycles. The van der Waals surface area contributed by atoms with E-state index in [1.807, 2.05) is 38.2 Å². The van der Waals surface area contributed by atoms with Gasteiger partial charge < -0.3 is 4.90 Å². The molecule has 1 heteroatoms. The molecule has 0 fully saturated rings. The van der Waals surface area contributed by atoms with Gasteiger partial charge in [0.1, 0.15) is 0 Å². The molecule has 0 radical (unpaired) electrons. The zero-order valence-electron chi connectivity index (χ0n) is 16.3. The van der Waals surface area contributed by atoms with E-state index in [2.05, 4.69) is 82.0 Å². The third kappa shape index (κ3) is 4.30. The second kappa shape index (κ2) is 9.08. The molecule has 0 bridgehead atoms. The van der Waals surface area contributed by atoms with Gasteiger partial charge in [-0.1, -0.05) is 75.6 Å². The first kappa shape index (κ1) is 20.5. The lowest BCUT2D eigenvalue weighted by atomic mass is 9.72. The van der Waals surface area contributed by atoms with Crippen LogP contribution in [-0.4, -0.2) is 4.90 Å². The molecule has 132 valence electrons. The van der Waals surface area contributed by atoms with Crippen LogP contribution in [0.1, 0.15) is 34.6 Å². The molecule has 0 spiro atoms. The molecule has 0 amide bonds. The summed E-state index contributed by atoms with van der Waals surface area (Å²) in [6, 6.07) is 0. The van der Waals surface area contributed by atoms with Crippen LogP contribution >= 0.6 is 0 Å². The summed E-state index contributed by atoms with van der Waals surface area (Å²) in [6.45, 7) is 22.7. The van der Waals surface area contributed by atoms with Crippen molar-refractivity contribution in [3.05, 3.63) is 109 Å². The molecule has 0 saturated heterocycles. The zero-order valence-corrected chi connectivity index (χ0v) is 16.3. The average Bonchev–Trinajstić information content (AvgIpc) is 2.56. The lowest BCUT2D eigenvalue weighted by molar-refractivity contribution is 0.467. The van der Waals surface area contributed by atoms with Gasteiger partial charge in [-0.2, -0.15) is 0 Å². The molecule has 1 aliphatic heterocycles. The smallest absolute Gasteiger partial charge is 0.0492 e. The predicted octanol–water partition coefficient (Wildman–Crippen LogP) is 7.01. The van der Waals surface area contributed by atoms with Crippen LogP contribution in [0.4, 0.5) is 0 Å². The second-order valence-corrected chi connectivity index (χ2v) is 6.46. The van der Waals surface area contributed by atoms with Crippen molar-refractivity contribution < 1.29 is 0 Å². The molecule has 1 rings (SSSR count). The Hall–Kier alpha value is -2.54. The third-order valence-electron chi connectivity index (χ3n) is 4.37. The minimum absolute atomic E-state index is 0.178. The maximum absolute atomic E-state index is 4.05. The van der Waals surface area contributed by atoms with Gasteiger partial charge in [-0.15, -0.1) is 0 Å². The maximum atomic E-state index is 4.05. The molecular weight excluding hydrogens is 302 g/mol. The molecule has 0 aromatic heterocycles. The normalized spacial score (nSPS) is 18.8. The summed E-state index contributed by atoms with van der Waals surface area (Å²) >= 11 is 0. The van der Waals surface area contributed by atoms with Gasteiger partial charge in [0.05, 0.1) is 0 Å². The Kier molecular flexibility index (Phi) is 7.44. The first-order valence-corrected chi connectivity index (χ1v) is 8.65. The van der Waals surface area contributed by atoms with Crippen molar-refractivity contribution in [2.75, 3.05) is 0 Å². The summed E-state index contributed by atoms with van der Waals surface area (Å²) < 4.78 is 0. The van der Waals surface area contributed by atoms with Crippen LogP contribution in [0.5, 0.6) is 0 Å². The Labute approximate surface area is 154 Å². The SMILES string of the molecule is C=CC1=C(C=C)C(C)(C)C(C=C)=C(/C=C\C)N1/C=C/C=C(C)\C=C/C. The highest BCUT2D eigenvalue weighted by Crippen LogP contribution is 2.46. The number of allylic oxidation sites excluding steroid dienone is 12. The molecule has 1 aliphatic rings. The van der Waals surface area contributed by atoms with Crippen molar-refractivity contribution >= 4 is 0 Å². The Balaban J connectivity index is 3.62. The monoisotopic (exact) mass is 333 g/mol. The molecule has 1 nitrogen and oxygen atoms in total. The third-order valence-corrected chi connectivity index (χ3v) is 4.37. The topological polar surface area (TPSA) is 3.24 Å². The van der Waals surface area contributed by atoms with Crippen LogP contribution in [0, 0.1) is 5.41 Å². The Morgan fingerprint density at radius 1 is 0.920 bits per heavy atom. The second-order valence-electron chi connectivity index (χ2n) is 6.46. The van der Waals surface area contributed by atoms with E-state index in [1.54, 1.807) is 0 Å². The van der Waals surface area contributed by atoms with E-state index in [0.717, 1.165) is 17.0 Å². The standard InChI is InChI=1S/C24H31N/c1-9-15-19(6)17-14-18-25-22(13-5)20(11-3)24(7,8)21(12-4)23(25)16-10-2/h9-18H,3-5H2,1-2,6-8H3/b15-9-,16-10-,18-14+,19-17-. The van der Waals surface area contributed by atoms with Gasteiger partial charge in [-0.3, -0.25) is 0 Å². The number of rotatable bonds is 7. The van der Waals surface area contributed by atoms with Gasteiger partial charge in [0.15, 0.2) is 0 Å². The van der Waals surface area contributed by atoms with E-state index in [-0.39, 0.29) is 5.41 Å². The first-order chi connectivity index (χ1) is 11.9. The van der Waals surface area contributed by atoms with Gasteiger partial charge in [0, 0.05) is 23.0 Å². The van der Waals surface area contributed by atoms with Crippen LogP contribution in [0.15, 0.2) is 109 Å². The average molecular weight is 334 g/mol. The predicted molar refractivity (Wildman–Crippen MR) is 113 cm³/mol. The minimum atomic E-state index is -0.178. The summed E-state index contributed by atoms with van der Waals surface area (Å²) in [5.41, 5.74) is 5.49. The zero-order chi connectivity index (χ0) is 19.0. The Morgan fingerprint density at radius 2 is 1.52 bits per heavy atom. The van der Waals surface area contributed by atoms with E-state index in [1.165, 1.54) is 11.1 Å². The van der Waals surface area contributed by atoms with Gasteiger partial charge in [0.25, 0.3) is 0 Å². The van der Waals surface area contributed by atoms with Crippen LogP contribution in [0.2, 0.25) is 0 Å². The van der Waals surface area contributed by atoms with E-state index in [4.69, 9.17) is 0 Å².